The minimum atomic E-state index is 0.856. The molecule has 0 bridgehead atoms. The molecule has 0 rings (SSSR count). The van der Waals surface area contributed by atoms with Crippen molar-refractivity contribution in [1.82, 2.24) is 0 Å². The molecule has 0 aliphatic carbocycles. The maximum Gasteiger partial charge on any atom is -0.0280 e. The van der Waals surface area contributed by atoms with Gasteiger partial charge in [-0.1, -0.05) is 69.9 Å². The Kier molecular flexibility index (Phi) is 10.6. The van der Waals surface area contributed by atoms with Crippen molar-refractivity contribution >= 4 is 0 Å². The molecule has 0 aliphatic heterocycles. The lowest BCUT2D eigenvalue weighted by molar-refractivity contribution is 0.496. The van der Waals surface area contributed by atoms with E-state index < -0.39 is 0 Å². The molecule has 0 aromatic carbocycles. The molecule has 0 saturated carbocycles. The molecule has 0 radical (unpaired) electrons. The topological polar surface area (TPSA) is 0 Å². The van der Waals surface area contributed by atoms with Gasteiger partial charge in [-0.05, 0) is 51.0 Å². The highest BCUT2D eigenvalue weighted by Gasteiger charge is 1.99. The highest BCUT2D eigenvalue weighted by Crippen LogP contribution is 2.17. The Bertz CT molecular complexity index is 300. The summed E-state index contributed by atoms with van der Waals surface area (Å²) in [5.74, 6) is 0.856. The Morgan fingerprint density at radius 2 is 1.74 bits per heavy atom. The summed E-state index contributed by atoms with van der Waals surface area (Å²) in [4.78, 5) is 0. The highest BCUT2D eigenvalue weighted by atomic mass is 14.1. The van der Waals surface area contributed by atoms with Crippen LogP contribution in [0, 0.1) is 5.92 Å². The molecule has 0 nitrogen and oxygen atoms in total. The summed E-state index contributed by atoms with van der Waals surface area (Å²) in [6, 6.07) is 0. The van der Waals surface area contributed by atoms with Gasteiger partial charge in [0.25, 0.3) is 0 Å². The smallest absolute Gasteiger partial charge is 0.0280 e. The highest BCUT2D eigenvalue weighted by molar-refractivity contribution is 5.29. The van der Waals surface area contributed by atoms with Crippen LogP contribution >= 0.6 is 0 Å². The number of rotatable bonds is 10. The van der Waals surface area contributed by atoms with Gasteiger partial charge in [0, 0.05) is 0 Å². The van der Waals surface area contributed by atoms with E-state index in [1.807, 2.05) is 0 Å². The van der Waals surface area contributed by atoms with Crippen molar-refractivity contribution in [1.29, 1.82) is 0 Å². The second-order valence-electron chi connectivity index (χ2n) is 6.03. The summed E-state index contributed by atoms with van der Waals surface area (Å²) < 4.78 is 0. The first-order valence-corrected chi connectivity index (χ1v) is 8.03. The molecular weight excluding hydrogens is 228 g/mol. The van der Waals surface area contributed by atoms with Crippen LogP contribution < -0.4 is 0 Å². The van der Waals surface area contributed by atoms with E-state index in [4.69, 9.17) is 0 Å². The van der Waals surface area contributed by atoms with E-state index in [1.165, 1.54) is 55.2 Å². The van der Waals surface area contributed by atoms with Crippen molar-refractivity contribution in [3.63, 3.8) is 0 Å². The molecule has 110 valence electrons. The van der Waals surface area contributed by atoms with Crippen LogP contribution in [0.2, 0.25) is 0 Å². The van der Waals surface area contributed by atoms with Crippen molar-refractivity contribution in [2.24, 2.45) is 5.92 Å². The van der Waals surface area contributed by atoms with Crippen molar-refractivity contribution in [3.8, 4) is 0 Å². The van der Waals surface area contributed by atoms with Crippen LogP contribution in [0.15, 0.2) is 35.5 Å². The second-order valence-corrected chi connectivity index (χ2v) is 6.03. The quantitative estimate of drug-likeness (QED) is 0.378. The third-order valence-corrected chi connectivity index (χ3v) is 3.85. The number of hydrogen-bond acceptors (Lipinski definition) is 0. The van der Waals surface area contributed by atoms with Crippen LogP contribution in [0.5, 0.6) is 0 Å². The van der Waals surface area contributed by atoms with Crippen molar-refractivity contribution in [2.75, 3.05) is 0 Å². The van der Waals surface area contributed by atoms with E-state index in [2.05, 4.69) is 53.3 Å². The molecule has 0 fully saturated rings. The fourth-order valence-electron chi connectivity index (χ4n) is 2.05. The first-order chi connectivity index (χ1) is 9.01. The van der Waals surface area contributed by atoms with Gasteiger partial charge < -0.3 is 0 Å². The predicted octanol–water partition coefficient (Wildman–Crippen LogP) is 6.84. The van der Waals surface area contributed by atoms with Gasteiger partial charge in [0.2, 0.25) is 0 Å². The minimum absolute atomic E-state index is 0.856. The number of unbranched alkanes of at least 4 members (excludes halogenated alkanes) is 1. The van der Waals surface area contributed by atoms with Crippen molar-refractivity contribution in [2.45, 2.75) is 79.6 Å². The minimum Gasteiger partial charge on any atom is -0.0958 e. The van der Waals surface area contributed by atoms with E-state index in [0.717, 1.165) is 12.3 Å². The van der Waals surface area contributed by atoms with Crippen LogP contribution in [0.4, 0.5) is 0 Å². The Balaban J connectivity index is 4.14. The molecule has 0 amide bonds. The zero-order valence-corrected chi connectivity index (χ0v) is 13.9. The molecule has 1 atom stereocenters. The lowest BCUT2D eigenvalue weighted by Gasteiger charge is -2.08. The molecule has 19 heavy (non-hydrogen) atoms. The number of allylic oxidation sites excluding steroid dienone is 5. The summed E-state index contributed by atoms with van der Waals surface area (Å²) in [5.41, 5.74) is 4.21. The summed E-state index contributed by atoms with van der Waals surface area (Å²) in [6.45, 7) is 15.5. The van der Waals surface area contributed by atoms with Crippen LogP contribution in [0.3, 0.4) is 0 Å². The average molecular weight is 262 g/mol. The Labute approximate surface area is 121 Å². The van der Waals surface area contributed by atoms with Crippen molar-refractivity contribution < 1.29 is 0 Å². The molecule has 0 N–H and O–H groups in total. The first kappa shape index (κ1) is 18.2. The molecule has 0 aromatic rings. The van der Waals surface area contributed by atoms with Crippen LogP contribution in [-0.2, 0) is 0 Å². The Morgan fingerprint density at radius 3 is 2.26 bits per heavy atom. The van der Waals surface area contributed by atoms with Crippen LogP contribution in [-0.4, -0.2) is 0 Å². The zero-order valence-electron chi connectivity index (χ0n) is 13.9. The molecule has 0 heterocycles. The lowest BCUT2D eigenvalue weighted by Crippen LogP contribution is -1.92. The molecule has 0 aromatic heterocycles. The van der Waals surface area contributed by atoms with Gasteiger partial charge in [-0.2, -0.15) is 0 Å². The summed E-state index contributed by atoms with van der Waals surface area (Å²) >= 11 is 0. The first-order valence-electron chi connectivity index (χ1n) is 8.03. The van der Waals surface area contributed by atoms with Crippen molar-refractivity contribution in [3.05, 3.63) is 35.5 Å². The second kappa shape index (κ2) is 11.1. The molecule has 1 unspecified atom stereocenters. The summed E-state index contributed by atoms with van der Waals surface area (Å²) in [7, 11) is 0. The van der Waals surface area contributed by atoms with E-state index in [9.17, 15) is 0 Å². The summed E-state index contributed by atoms with van der Waals surface area (Å²) in [6.07, 6.45) is 13.3. The van der Waals surface area contributed by atoms with E-state index >= 15 is 0 Å². The van der Waals surface area contributed by atoms with Gasteiger partial charge in [-0.15, -0.1) is 0 Å². The van der Waals surface area contributed by atoms with Gasteiger partial charge in [0.1, 0.15) is 0 Å². The monoisotopic (exact) mass is 262 g/mol. The largest absolute Gasteiger partial charge is 0.0958 e. The van der Waals surface area contributed by atoms with E-state index in [0.29, 0.717) is 0 Å². The number of hydrogen-bond donors (Lipinski definition) is 0. The molecule has 0 saturated heterocycles. The Morgan fingerprint density at radius 1 is 1.05 bits per heavy atom. The molecule has 0 aliphatic rings. The third-order valence-electron chi connectivity index (χ3n) is 3.85. The van der Waals surface area contributed by atoms with E-state index in [1.54, 1.807) is 0 Å². The Hall–Kier alpha value is -0.780. The lowest BCUT2D eigenvalue weighted by atomic mass is 9.98. The third kappa shape index (κ3) is 9.76. The van der Waals surface area contributed by atoms with Crippen LogP contribution in [0.25, 0.3) is 0 Å². The van der Waals surface area contributed by atoms with Gasteiger partial charge in [0.15, 0.2) is 0 Å². The fourth-order valence-corrected chi connectivity index (χ4v) is 2.05. The average Bonchev–Trinajstić information content (AvgIpc) is 2.38. The fraction of sp³-hybridized carbons (Fsp3) is 0.684. The molecule has 0 heteroatoms. The zero-order chi connectivity index (χ0) is 14.7. The van der Waals surface area contributed by atoms with Gasteiger partial charge >= 0.3 is 0 Å². The maximum absolute atomic E-state index is 4.18. The molecular formula is C19H34. The van der Waals surface area contributed by atoms with Gasteiger partial charge in [-0.3, -0.25) is 0 Å². The summed E-state index contributed by atoms with van der Waals surface area (Å²) in [5, 5.41) is 0. The maximum atomic E-state index is 4.18. The molecule has 0 spiro atoms. The van der Waals surface area contributed by atoms with Crippen LogP contribution in [0.1, 0.15) is 79.6 Å². The SMILES string of the molecule is C=C(/C=C\C(CCCC)=C(C)C)CCCC(C)CC. The van der Waals surface area contributed by atoms with Gasteiger partial charge in [0.05, 0.1) is 0 Å². The predicted molar refractivity (Wildman–Crippen MR) is 89.5 cm³/mol. The normalized spacial score (nSPS) is 12.7. The van der Waals surface area contributed by atoms with E-state index in [-0.39, 0.29) is 0 Å². The standard InChI is InChI=1S/C19H34/c1-7-9-13-19(16(3)4)15-14-18(6)12-10-11-17(5)8-2/h14-15,17H,6-13H2,1-5H3/b15-14-. The van der Waals surface area contributed by atoms with Gasteiger partial charge in [-0.25, -0.2) is 0 Å².